The number of ether oxygens (including phenoxy) is 2. The van der Waals surface area contributed by atoms with E-state index in [4.69, 9.17) is 15.2 Å². The Morgan fingerprint density at radius 1 is 1.19 bits per heavy atom. The molecule has 0 saturated heterocycles. The number of carbonyl (C=O) groups excluding carboxylic acids is 2. The summed E-state index contributed by atoms with van der Waals surface area (Å²) in [6.45, 7) is 1.64. The van der Waals surface area contributed by atoms with Gasteiger partial charge in [-0.1, -0.05) is 12.1 Å². The number of methoxy groups -OCH3 is 1. The van der Waals surface area contributed by atoms with Gasteiger partial charge in [0, 0.05) is 23.5 Å². The first-order chi connectivity index (χ1) is 17.4. The molecule has 0 spiro atoms. The highest BCUT2D eigenvalue weighted by Gasteiger charge is 2.33. The molecule has 5 rings (SSSR count). The van der Waals surface area contributed by atoms with E-state index < -0.39 is 5.91 Å². The maximum absolute atomic E-state index is 12.7. The molecule has 2 aromatic heterocycles. The highest BCUT2D eigenvalue weighted by molar-refractivity contribution is 5.95. The van der Waals surface area contributed by atoms with Gasteiger partial charge in [0.05, 0.1) is 24.7 Å². The molecule has 4 aromatic rings. The molecular weight excluding hydrogens is 462 g/mol. The second-order valence-electron chi connectivity index (χ2n) is 8.26. The van der Waals surface area contributed by atoms with Crippen molar-refractivity contribution in [3.63, 3.8) is 0 Å². The molecular formula is C25H23N7O4. The molecule has 2 amide bonds. The lowest BCUT2D eigenvalue weighted by Crippen LogP contribution is -2.25. The Labute approximate surface area is 206 Å². The van der Waals surface area contributed by atoms with Gasteiger partial charge in [-0.2, -0.15) is 14.9 Å². The number of benzene rings is 2. The van der Waals surface area contributed by atoms with Crippen LogP contribution in [0.5, 0.6) is 11.5 Å². The van der Waals surface area contributed by atoms with Gasteiger partial charge in [0.2, 0.25) is 5.91 Å². The Morgan fingerprint density at radius 2 is 2.00 bits per heavy atom. The summed E-state index contributed by atoms with van der Waals surface area (Å²) in [5.74, 6) is 0.924. The number of nitrogens with zero attached hydrogens (tertiary/aromatic N) is 5. The molecule has 3 heterocycles. The molecule has 11 nitrogen and oxygen atoms in total. The molecule has 0 radical (unpaired) electrons. The predicted molar refractivity (Wildman–Crippen MR) is 130 cm³/mol. The fourth-order valence-electron chi connectivity index (χ4n) is 4.24. The van der Waals surface area contributed by atoms with Gasteiger partial charge in [0.25, 0.3) is 11.9 Å². The van der Waals surface area contributed by atoms with Crippen molar-refractivity contribution in [1.29, 1.82) is 0 Å². The molecule has 0 saturated carbocycles. The third-order valence-electron chi connectivity index (χ3n) is 5.87. The van der Waals surface area contributed by atoms with Crippen molar-refractivity contribution in [2.24, 2.45) is 5.73 Å². The maximum atomic E-state index is 12.7. The van der Waals surface area contributed by atoms with Crippen molar-refractivity contribution in [2.45, 2.75) is 19.3 Å². The fraction of sp³-hybridized carbons (Fsp3) is 0.200. The molecule has 0 aliphatic carbocycles. The second kappa shape index (κ2) is 9.45. The van der Waals surface area contributed by atoms with Crippen molar-refractivity contribution < 1.29 is 19.1 Å². The van der Waals surface area contributed by atoms with Gasteiger partial charge in [-0.3, -0.25) is 9.59 Å². The Morgan fingerprint density at radius 3 is 2.75 bits per heavy atom. The van der Waals surface area contributed by atoms with E-state index in [1.165, 1.54) is 4.68 Å². The minimum Gasteiger partial charge on any atom is -0.497 e. The molecule has 2 aromatic carbocycles. The average molecular weight is 486 g/mol. The standard InChI is InChI=1S/C25H23N7O4/c1-14-23-19(16-4-3-5-18(10-16)36-13-21(26)33)11-22(34)29-24(23)32(31-14)25-28-20(12-27-30-25)15-6-8-17(35-2)9-7-15/h3-10,12,19H,11,13H2,1-2H3,(H2,26,33)(H,29,34). The van der Waals surface area contributed by atoms with E-state index in [1.807, 2.05) is 43.3 Å². The van der Waals surface area contributed by atoms with Crippen LogP contribution in [0.15, 0.2) is 54.7 Å². The summed E-state index contributed by atoms with van der Waals surface area (Å²) >= 11 is 0. The van der Waals surface area contributed by atoms with Crippen molar-refractivity contribution >= 4 is 17.6 Å². The number of nitrogens with one attached hydrogen (secondary N) is 1. The minimum absolute atomic E-state index is 0.170. The number of carbonyl (C=O) groups is 2. The molecule has 182 valence electrons. The zero-order valence-electron chi connectivity index (χ0n) is 19.6. The first-order valence-corrected chi connectivity index (χ1v) is 11.2. The monoisotopic (exact) mass is 485 g/mol. The summed E-state index contributed by atoms with van der Waals surface area (Å²) in [5.41, 5.74) is 9.04. The first kappa shape index (κ1) is 23.0. The highest BCUT2D eigenvalue weighted by Crippen LogP contribution is 2.40. The molecule has 11 heteroatoms. The number of hydrogen-bond acceptors (Lipinski definition) is 8. The Hall–Kier alpha value is -4.80. The van der Waals surface area contributed by atoms with Crippen LogP contribution >= 0.6 is 0 Å². The van der Waals surface area contributed by atoms with Gasteiger partial charge in [-0.25, -0.2) is 4.98 Å². The van der Waals surface area contributed by atoms with E-state index in [9.17, 15) is 9.59 Å². The van der Waals surface area contributed by atoms with E-state index in [1.54, 1.807) is 25.4 Å². The van der Waals surface area contributed by atoms with Crippen LogP contribution in [0.1, 0.15) is 29.2 Å². The van der Waals surface area contributed by atoms with Gasteiger partial charge in [-0.15, -0.1) is 5.10 Å². The lowest BCUT2D eigenvalue weighted by molar-refractivity contribution is -0.120. The smallest absolute Gasteiger partial charge is 0.272 e. The molecule has 3 N–H and O–H groups in total. The van der Waals surface area contributed by atoms with Crippen LogP contribution in [0.2, 0.25) is 0 Å². The summed E-state index contributed by atoms with van der Waals surface area (Å²) in [5, 5.41) is 15.8. The van der Waals surface area contributed by atoms with Crippen LogP contribution in [0, 0.1) is 6.92 Å². The molecule has 0 bridgehead atoms. The van der Waals surface area contributed by atoms with Crippen LogP contribution in [-0.2, 0) is 9.59 Å². The van der Waals surface area contributed by atoms with Gasteiger partial charge < -0.3 is 20.5 Å². The molecule has 1 aliphatic heterocycles. The number of hydrogen-bond donors (Lipinski definition) is 2. The SMILES string of the molecule is COc1ccc(-c2cnnc(-n3nc(C)c4c3NC(=O)CC4c3cccc(OCC(N)=O)c3)n2)cc1. The Kier molecular flexibility index (Phi) is 6.03. The van der Waals surface area contributed by atoms with Crippen molar-refractivity contribution in [2.75, 3.05) is 19.0 Å². The predicted octanol–water partition coefficient (Wildman–Crippen LogP) is 2.38. The average Bonchev–Trinajstić information content (AvgIpc) is 3.23. The second-order valence-corrected chi connectivity index (χ2v) is 8.26. The number of aryl methyl sites for hydroxylation is 1. The van der Waals surface area contributed by atoms with E-state index in [0.29, 0.717) is 17.3 Å². The number of primary amides is 1. The van der Waals surface area contributed by atoms with Crippen LogP contribution in [0.3, 0.4) is 0 Å². The van der Waals surface area contributed by atoms with Crippen LogP contribution < -0.4 is 20.5 Å². The lowest BCUT2D eigenvalue weighted by Gasteiger charge is -2.24. The number of aromatic nitrogens is 5. The summed E-state index contributed by atoms with van der Waals surface area (Å²) < 4.78 is 12.2. The molecule has 0 fully saturated rings. The van der Waals surface area contributed by atoms with E-state index >= 15 is 0 Å². The molecule has 36 heavy (non-hydrogen) atoms. The number of fused-ring (bicyclic) bond motifs is 1. The lowest BCUT2D eigenvalue weighted by atomic mass is 9.86. The van der Waals surface area contributed by atoms with Gasteiger partial charge in [0.15, 0.2) is 6.61 Å². The topological polar surface area (TPSA) is 147 Å². The van der Waals surface area contributed by atoms with E-state index in [-0.39, 0.29) is 30.8 Å². The normalized spacial score (nSPS) is 14.6. The quantitative estimate of drug-likeness (QED) is 0.405. The van der Waals surface area contributed by atoms with Crippen molar-refractivity contribution in [3.8, 4) is 28.7 Å². The Bertz CT molecular complexity index is 1450. The number of rotatable bonds is 7. The van der Waals surface area contributed by atoms with Gasteiger partial charge >= 0.3 is 0 Å². The summed E-state index contributed by atoms with van der Waals surface area (Å²) in [6.07, 6.45) is 1.79. The zero-order chi connectivity index (χ0) is 25.2. The largest absolute Gasteiger partial charge is 0.497 e. The van der Waals surface area contributed by atoms with Crippen LogP contribution in [0.25, 0.3) is 17.2 Å². The molecule has 1 atom stereocenters. The fourth-order valence-corrected chi connectivity index (χ4v) is 4.24. The summed E-state index contributed by atoms with van der Waals surface area (Å²) in [4.78, 5) is 28.5. The Balaban J connectivity index is 1.53. The maximum Gasteiger partial charge on any atom is 0.272 e. The highest BCUT2D eigenvalue weighted by atomic mass is 16.5. The van der Waals surface area contributed by atoms with E-state index in [2.05, 4.69) is 25.6 Å². The number of nitrogens with two attached hydrogens (primary N) is 1. The van der Waals surface area contributed by atoms with Crippen LogP contribution in [0.4, 0.5) is 5.82 Å². The molecule has 1 aliphatic rings. The third-order valence-corrected chi connectivity index (χ3v) is 5.87. The summed E-state index contributed by atoms with van der Waals surface area (Å²) in [6, 6.07) is 14.7. The van der Waals surface area contributed by atoms with Crippen molar-refractivity contribution in [1.82, 2.24) is 25.0 Å². The zero-order valence-corrected chi connectivity index (χ0v) is 19.6. The number of amides is 2. The molecule has 1 unspecified atom stereocenters. The minimum atomic E-state index is -0.567. The van der Waals surface area contributed by atoms with Gasteiger partial charge in [-0.05, 0) is 48.9 Å². The summed E-state index contributed by atoms with van der Waals surface area (Å²) in [7, 11) is 1.61. The van der Waals surface area contributed by atoms with Gasteiger partial charge in [0.1, 0.15) is 17.3 Å². The van der Waals surface area contributed by atoms with Crippen molar-refractivity contribution in [3.05, 3.63) is 71.5 Å². The van der Waals surface area contributed by atoms with Crippen LogP contribution in [-0.4, -0.2) is 50.5 Å². The first-order valence-electron chi connectivity index (χ1n) is 11.2. The number of anilines is 1. The third kappa shape index (κ3) is 4.45. The van der Waals surface area contributed by atoms with E-state index in [0.717, 1.165) is 28.1 Å².